The Morgan fingerprint density at radius 1 is 0.803 bits per heavy atom. The third kappa shape index (κ3) is 12.7. The van der Waals surface area contributed by atoms with E-state index < -0.39 is 48.3 Å². The highest BCUT2D eigenvalue weighted by atomic mass is 32.1. The van der Waals surface area contributed by atoms with E-state index in [9.17, 15) is 24.0 Å². The van der Waals surface area contributed by atoms with Gasteiger partial charge in [0.2, 0.25) is 23.6 Å². The van der Waals surface area contributed by atoms with Gasteiger partial charge in [-0.2, -0.15) is 0 Å². The molecule has 1 aliphatic heterocycles. The van der Waals surface area contributed by atoms with Crippen LogP contribution in [0.15, 0.2) is 90.4 Å². The van der Waals surface area contributed by atoms with Crippen molar-refractivity contribution in [2.75, 3.05) is 41.5 Å². The number of carbonyl (C=O) groups excluding carboxylic acids is 5. The van der Waals surface area contributed by atoms with Crippen LogP contribution < -0.4 is 10.6 Å². The number of rotatable bonds is 23. The molecule has 2 N–H and O–H groups in total. The highest BCUT2D eigenvalue weighted by Crippen LogP contribution is 2.44. The highest BCUT2D eigenvalue weighted by molar-refractivity contribution is 7.09. The van der Waals surface area contributed by atoms with Crippen LogP contribution in [0.3, 0.4) is 0 Å². The molecule has 5 amide bonds. The van der Waals surface area contributed by atoms with Gasteiger partial charge in [0.05, 0.1) is 42.7 Å². The van der Waals surface area contributed by atoms with Crippen molar-refractivity contribution in [3.05, 3.63) is 112 Å². The Morgan fingerprint density at radius 3 is 2.00 bits per heavy atom. The van der Waals surface area contributed by atoms with Crippen molar-refractivity contribution in [2.24, 2.45) is 23.7 Å². The third-order valence-corrected chi connectivity index (χ3v) is 15.7. The summed E-state index contributed by atoms with van der Waals surface area (Å²) in [6.45, 7) is 14.0. The molecule has 0 bridgehead atoms. The molecule has 2 aliphatic rings. The molecule has 2 heterocycles. The zero-order chi connectivity index (χ0) is 51.5. The Kier molecular flexibility index (Phi) is 19.4. The summed E-state index contributed by atoms with van der Waals surface area (Å²) < 4.78 is 18.2. The molecule has 3 aromatic carbocycles. The number of nitrogens with one attached hydrogen (secondary N) is 2. The number of likely N-dealkylation sites (tertiary alicyclic amines) is 1. The van der Waals surface area contributed by atoms with Gasteiger partial charge < -0.3 is 34.6 Å². The van der Waals surface area contributed by atoms with E-state index in [0.717, 1.165) is 39.2 Å². The Bertz CT molecular complexity index is 2350. The number of hydrogen-bond acceptors (Lipinski definition) is 10. The van der Waals surface area contributed by atoms with E-state index in [1.165, 1.54) is 16.2 Å². The standard InChI is InChI=1S/C56H76N6O8S/c1-12-36(6)50(46(68-10)32-47(63)62-29-20-27-45(62)51(69-11)37(7)52(64)58-44(54-57-28-30-71-54)31-38-21-14-13-15-22-38)60(8)55(66)48(34(2)3)59-53(65)49(35(4)5)61(9)56(67)70-33-43-41-25-18-16-23-39(41)40-24-17-19-26-42(40)43/h13-19,21-26,28,30,34-37,43-46,48-51H,12,20,27,29,31-33H2,1-11H3,(H,58,64)(H,59,65)/t36-,37+,44-,45-,46+,48-,49-,50-,51+/m0/s1. The SMILES string of the molecule is CC[C@H](C)[C@@H]([C@@H](CC(=O)N1CCC[C@H]1[C@H](OC)[C@@H](C)C(=O)N[C@@H](Cc1ccccc1)c1nccs1)OC)N(C)C(=O)[C@@H](NC(=O)[C@H](C(C)C)N(C)C(=O)OCC1c2ccccc2-c2ccccc21)C(C)C. The first kappa shape index (κ1) is 54.7. The fourth-order valence-corrected chi connectivity index (χ4v) is 11.5. The molecule has 71 heavy (non-hydrogen) atoms. The van der Waals surface area contributed by atoms with Crippen LogP contribution >= 0.6 is 11.3 Å². The normalized spacial score (nSPS) is 17.8. The topological polar surface area (TPSA) is 160 Å². The molecule has 4 aromatic rings. The van der Waals surface area contributed by atoms with E-state index in [1.54, 1.807) is 39.4 Å². The molecule has 0 radical (unpaired) electrons. The van der Waals surface area contributed by atoms with E-state index in [-0.39, 0.29) is 66.5 Å². The second-order valence-electron chi connectivity index (χ2n) is 20.0. The molecule has 1 fully saturated rings. The Balaban J connectivity index is 1.11. The Labute approximate surface area is 425 Å². The number of thiazole rings is 1. The maximum absolute atomic E-state index is 14.8. The summed E-state index contributed by atoms with van der Waals surface area (Å²) in [4.78, 5) is 80.8. The number of carbonyl (C=O) groups is 5. The quantitative estimate of drug-likeness (QED) is 0.0743. The zero-order valence-electron chi connectivity index (χ0n) is 43.5. The predicted molar refractivity (Wildman–Crippen MR) is 277 cm³/mol. The van der Waals surface area contributed by atoms with Gasteiger partial charge in [-0.15, -0.1) is 11.3 Å². The average molecular weight is 993 g/mol. The number of ether oxygens (including phenoxy) is 3. The van der Waals surface area contributed by atoms with Gasteiger partial charge in [0.25, 0.3) is 0 Å². The zero-order valence-corrected chi connectivity index (χ0v) is 44.3. The molecular weight excluding hydrogens is 917 g/mol. The summed E-state index contributed by atoms with van der Waals surface area (Å²) in [5.74, 6) is -2.62. The number of aromatic nitrogens is 1. The first-order valence-electron chi connectivity index (χ1n) is 25.3. The van der Waals surface area contributed by atoms with Gasteiger partial charge in [0, 0.05) is 52.4 Å². The lowest BCUT2D eigenvalue weighted by Gasteiger charge is -2.41. The van der Waals surface area contributed by atoms with E-state index >= 15 is 0 Å². The summed E-state index contributed by atoms with van der Waals surface area (Å²) in [5, 5.41) is 8.97. The van der Waals surface area contributed by atoms with E-state index in [4.69, 9.17) is 14.2 Å². The van der Waals surface area contributed by atoms with Crippen molar-refractivity contribution >= 4 is 41.1 Å². The Hall–Kier alpha value is -5.64. The molecule has 1 saturated heterocycles. The first-order valence-corrected chi connectivity index (χ1v) is 26.1. The minimum Gasteiger partial charge on any atom is -0.448 e. The molecule has 6 rings (SSSR count). The summed E-state index contributed by atoms with van der Waals surface area (Å²) in [6.07, 6.45) is 2.48. The lowest BCUT2D eigenvalue weighted by Crippen LogP contribution is -2.60. The van der Waals surface area contributed by atoms with Crippen LogP contribution in [-0.4, -0.2) is 127 Å². The van der Waals surface area contributed by atoms with Crippen molar-refractivity contribution < 1.29 is 38.2 Å². The van der Waals surface area contributed by atoms with Gasteiger partial charge in [0.1, 0.15) is 23.7 Å². The van der Waals surface area contributed by atoms with E-state index in [1.807, 2.05) is 113 Å². The summed E-state index contributed by atoms with van der Waals surface area (Å²) in [5.41, 5.74) is 5.48. The van der Waals surface area contributed by atoms with Crippen molar-refractivity contribution in [1.82, 2.24) is 30.3 Å². The number of hydrogen-bond donors (Lipinski definition) is 2. The molecule has 0 saturated carbocycles. The molecule has 14 nitrogen and oxygen atoms in total. The molecule has 9 atom stereocenters. The van der Waals surface area contributed by atoms with Crippen molar-refractivity contribution in [3.63, 3.8) is 0 Å². The lowest BCUT2D eigenvalue weighted by atomic mass is 9.89. The second-order valence-corrected chi connectivity index (χ2v) is 21.0. The van der Waals surface area contributed by atoms with E-state index in [0.29, 0.717) is 25.8 Å². The molecule has 384 valence electrons. The number of amides is 5. The van der Waals surface area contributed by atoms with Crippen molar-refractivity contribution in [2.45, 2.75) is 129 Å². The predicted octanol–water partition coefficient (Wildman–Crippen LogP) is 8.51. The maximum atomic E-state index is 14.8. The molecule has 1 aliphatic carbocycles. The van der Waals surface area contributed by atoms with Crippen LogP contribution in [0.25, 0.3) is 11.1 Å². The Morgan fingerprint density at radius 2 is 1.44 bits per heavy atom. The first-order chi connectivity index (χ1) is 34.0. The smallest absolute Gasteiger partial charge is 0.410 e. The average Bonchev–Trinajstić information content (AvgIpc) is 4.15. The molecule has 15 heteroatoms. The van der Waals surface area contributed by atoms with Crippen LogP contribution in [0.4, 0.5) is 4.79 Å². The number of nitrogens with zero attached hydrogens (tertiary/aromatic N) is 4. The van der Waals surface area contributed by atoms with Gasteiger partial charge in [0.15, 0.2) is 0 Å². The van der Waals surface area contributed by atoms with Gasteiger partial charge in [-0.05, 0) is 64.8 Å². The van der Waals surface area contributed by atoms with Crippen LogP contribution in [0.1, 0.15) is 108 Å². The van der Waals surface area contributed by atoms with E-state index in [2.05, 4.69) is 39.9 Å². The van der Waals surface area contributed by atoms with Crippen LogP contribution in [0.2, 0.25) is 0 Å². The van der Waals surface area contributed by atoms with Crippen molar-refractivity contribution in [1.29, 1.82) is 0 Å². The highest BCUT2D eigenvalue weighted by Gasteiger charge is 2.44. The van der Waals surface area contributed by atoms with Gasteiger partial charge >= 0.3 is 6.09 Å². The summed E-state index contributed by atoms with van der Waals surface area (Å²) >= 11 is 1.49. The molecule has 0 unspecified atom stereocenters. The van der Waals surface area contributed by atoms with Crippen LogP contribution in [-0.2, 0) is 39.8 Å². The number of benzene rings is 3. The molecular formula is C56H76N6O8S. The number of methoxy groups -OCH3 is 2. The molecule has 1 aromatic heterocycles. The van der Waals surface area contributed by atoms with Gasteiger partial charge in [-0.1, -0.05) is 134 Å². The van der Waals surface area contributed by atoms with Crippen LogP contribution in [0, 0.1) is 23.7 Å². The summed E-state index contributed by atoms with van der Waals surface area (Å²) in [7, 11) is 6.40. The molecule has 0 spiro atoms. The second kappa shape index (κ2) is 25.1. The minimum absolute atomic E-state index is 0.0150. The lowest BCUT2D eigenvalue weighted by molar-refractivity contribution is -0.148. The summed E-state index contributed by atoms with van der Waals surface area (Å²) in [6, 6.07) is 23.1. The fourth-order valence-electron chi connectivity index (χ4n) is 10.8. The maximum Gasteiger partial charge on any atom is 0.410 e. The van der Waals surface area contributed by atoms with Gasteiger partial charge in [-0.25, -0.2) is 9.78 Å². The number of fused-ring (bicyclic) bond motifs is 3. The fraction of sp³-hybridized carbons (Fsp3) is 0.536. The monoisotopic (exact) mass is 993 g/mol. The van der Waals surface area contributed by atoms with Gasteiger partial charge in [-0.3, -0.25) is 24.1 Å². The largest absolute Gasteiger partial charge is 0.448 e. The van der Waals surface area contributed by atoms with Crippen molar-refractivity contribution in [3.8, 4) is 11.1 Å². The number of likely N-dealkylation sites (N-methyl/N-ethyl adjacent to an activating group) is 2. The third-order valence-electron chi connectivity index (χ3n) is 14.8. The van der Waals surface area contributed by atoms with Crippen LogP contribution in [0.5, 0.6) is 0 Å². The minimum atomic E-state index is -0.953.